The van der Waals surface area contributed by atoms with Gasteiger partial charge in [0.15, 0.2) is 0 Å². The molecule has 2 atom stereocenters. The second-order valence-corrected chi connectivity index (χ2v) is 4.67. The smallest absolute Gasteiger partial charge is 0.123 e. The Morgan fingerprint density at radius 1 is 1.41 bits per heavy atom. The summed E-state index contributed by atoms with van der Waals surface area (Å²) in [6, 6.07) is 5.15. The van der Waals surface area contributed by atoms with E-state index < -0.39 is 5.60 Å². The largest absolute Gasteiger partial charge is 0.496 e. The van der Waals surface area contributed by atoms with Gasteiger partial charge in [-0.1, -0.05) is 18.5 Å². The maximum Gasteiger partial charge on any atom is 0.123 e. The summed E-state index contributed by atoms with van der Waals surface area (Å²) >= 11 is 6.00. The van der Waals surface area contributed by atoms with Crippen LogP contribution in [0, 0.1) is 0 Å². The van der Waals surface area contributed by atoms with Crippen molar-refractivity contribution in [1.29, 1.82) is 0 Å². The predicted molar refractivity (Wildman–Crippen MR) is 70.6 cm³/mol. The fraction of sp³-hybridized carbons (Fsp3) is 0.538. The van der Waals surface area contributed by atoms with Gasteiger partial charge < -0.3 is 15.2 Å². The van der Waals surface area contributed by atoms with Gasteiger partial charge in [-0.3, -0.25) is 0 Å². The van der Waals surface area contributed by atoms with Gasteiger partial charge in [0.05, 0.1) is 18.8 Å². The van der Waals surface area contributed by atoms with Gasteiger partial charge >= 0.3 is 0 Å². The summed E-state index contributed by atoms with van der Waals surface area (Å²) < 4.78 is 10.8. The molecule has 0 saturated heterocycles. The van der Waals surface area contributed by atoms with Crippen LogP contribution in [0.4, 0.5) is 0 Å². The van der Waals surface area contributed by atoms with Crippen molar-refractivity contribution in [2.75, 3.05) is 14.2 Å². The molecule has 0 amide bonds. The monoisotopic (exact) mass is 257 g/mol. The minimum atomic E-state index is -0.433. The van der Waals surface area contributed by atoms with E-state index >= 15 is 0 Å². The van der Waals surface area contributed by atoms with Gasteiger partial charge in [-0.15, -0.1) is 0 Å². The SMILES string of the molecule is CCC(C)(OC)C(N)c1cc(Cl)ccc1OC. The zero-order chi connectivity index (χ0) is 13.1. The summed E-state index contributed by atoms with van der Waals surface area (Å²) in [4.78, 5) is 0. The molecule has 0 spiro atoms. The van der Waals surface area contributed by atoms with E-state index in [0.717, 1.165) is 17.7 Å². The van der Waals surface area contributed by atoms with E-state index in [4.69, 9.17) is 26.8 Å². The van der Waals surface area contributed by atoms with E-state index in [1.807, 2.05) is 26.0 Å². The Hall–Kier alpha value is -0.770. The molecule has 1 rings (SSSR count). The second kappa shape index (κ2) is 5.71. The number of nitrogens with two attached hydrogens (primary N) is 1. The van der Waals surface area contributed by atoms with Gasteiger partial charge in [0, 0.05) is 17.7 Å². The van der Waals surface area contributed by atoms with Crippen molar-refractivity contribution in [3.8, 4) is 5.75 Å². The van der Waals surface area contributed by atoms with Gasteiger partial charge in [-0.2, -0.15) is 0 Å². The van der Waals surface area contributed by atoms with E-state index in [0.29, 0.717) is 5.02 Å². The van der Waals surface area contributed by atoms with Gasteiger partial charge in [-0.25, -0.2) is 0 Å². The third kappa shape index (κ3) is 2.92. The fourth-order valence-electron chi connectivity index (χ4n) is 1.77. The molecule has 4 heteroatoms. The van der Waals surface area contributed by atoms with Crippen LogP contribution >= 0.6 is 11.6 Å². The lowest BCUT2D eigenvalue weighted by atomic mass is 9.88. The molecule has 2 unspecified atom stereocenters. The Morgan fingerprint density at radius 2 is 2.06 bits per heavy atom. The first-order chi connectivity index (χ1) is 7.98. The van der Waals surface area contributed by atoms with Crippen LogP contribution in [0.5, 0.6) is 5.75 Å². The van der Waals surface area contributed by atoms with Crippen LogP contribution in [-0.4, -0.2) is 19.8 Å². The molecule has 96 valence electrons. The number of hydrogen-bond donors (Lipinski definition) is 1. The predicted octanol–water partition coefficient (Wildman–Crippen LogP) is 3.16. The molecule has 0 bridgehead atoms. The molecule has 0 fully saturated rings. The maximum absolute atomic E-state index is 6.28. The van der Waals surface area contributed by atoms with Gasteiger partial charge in [0.25, 0.3) is 0 Å². The highest BCUT2D eigenvalue weighted by molar-refractivity contribution is 6.30. The van der Waals surface area contributed by atoms with Crippen LogP contribution in [0.3, 0.4) is 0 Å². The number of hydrogen-bond acceptors (Lipinski definition) is 3. The molecular formula is C13H20ClNO2. The average Bonchev–Trinajstić information content (AvgIpc) is 2.36. The zero-order valence-corrected chi connectivity index (χ0v) is 11.5. The Bertz CT molecular complexity index is 378. The lowest BCUT2D eigenvalue weighted by Crippen LogP contribution is -2.39. The fourth-order valence-corrected chi connectivity index (χ4v) is 1.95. The number of methoxy groups -OCH3 is 2. The van der Waals surface area contributed by atoms with Crippen LogP contribution in [0.2, 0.25) is 5.02 Å². The molecular weight excluding hydrogens is 238 g/mol. The topological polar surface area (TPSA) is 44.5 Å². The molecule has 0 heterocycles. The quantitative estimate of drug-likeness (QED) is 0.881. The summed E-state index contributed by atoms with van der Waals surface area (Å²) in [5.41, 5.74) is 6.71. The average molecular weight is 258 g/mol. The molecule has 0 saturated carbocycles. The summed E-state index contributed by atoms with van der Waals surface area (Å²) in [5, 5.41) is 0.644. The Labute approximate surface area is 108 Å². The standard InChI is InChI=1S/C13H20ClNO2/c1-5-13(2,17-4)12(15)10-8-9(14)6-7-11(10)16-3/h6-8,12H,5,15H2,1-4H3. The number of halogens is 1. The highest BCUT2D eigenvalue weighted by atomic mass is 35.5. The van der Waals surface area contributed by atoms with Crippen LogP contribution in [-0.2, 0) is 4.74 Å². The molecule has 3 nitrogen and oxygen atoms in total. The third-order valence-corrected chi connectivity index (χ3v) is 3.59. The first kappa shape index (κ1) is 14.3. The van der Waals surface area contributed by atoms with E-state index in [2.05, 4.69) is 0 Å². The minimum Gasteiger partial charge on any atom is -0.496 e. The van der Waals surface area contributed by atoms with Crippen LogP contribution < -0.4 is 10.5 Å². The van der Waals surface area contributed by atoms with Gasteiger partial charge in [0.2, 0.25) is 0 Å². The first-order valence-electron chi connectivity index (χ1n) is 5.62. The molecule has 0 aliphatic carbocycles. The van der Waals surface area contributed by atoms with Crippen molar-refractivity contribution in [2.45, 2.75) is 31.9 Å². The normalized spacial score (nSPS) is 16.4. The number of ether oxygens (including phenoxy) is 2. The molecule has 17 heavy (non-hydrogen) atoms. The van der Waals surface area contributed by atoms with Gasteiger partial charge in [0.1, 0.15) is 5.75 Å². The van der Waals surface area contributed by atoms with Crippen LogP contribution in [0.1, 0.15) is 31.9 Å². The summed E-state index contributed by atoms with van der Waals surface area (Å²) in [6.45, 7) is 4.03. The molecule has 0 aliphatic rings. The van der Waals surface area contributed by atoms with Crippen LogP contribution in [0.15, 0.2) is 18.2 Å². The molecule has 0 aliphatic heterocycles. The highest BCUT2D eigenvalue weighted by Crippen LogP contribution is 2.35. The zero-order valence-electron chi connectivity index (χ0n) is 10.8. The van der Waals surface area contributed by atoms with Crippen molar-refractivity contribution in [3.63, 3.8) is 0 Å². The molecule has 1 aromatic rings. The second-order valence-electron chi connectivity index (χ2n) is 4.23. The van der Waals surface area contributed by atoms with Crippen molar-refractivity contribution in [3.05, 3.63) is 28.8 Å². The lowest BCUT2D eigenvalue weighted by Gasteiger charge is -2.34. The molecule has 0 radical (unpaired) electrons. The van der Waals surface area contributed by atoms with E-state index in [9.17, 15) is 0 Å². The third-order valence-electron chi connectivity index (χ3n) is 3.35. The van der Waals surface area contributed by atoms with E-state index in [-0.39, 0.29) is 6.04 Å². The lowest BCUT2D eigenvalue weighted by molar-refractivity contribution is -0.0199. The van der Waals surface area contributed by atoms with Crippen molar-refractivity contribution in [2.24, 2.45) is 5.73 Å². The van der Waals surface area contributed by atoms with Crippen molar-refractivity contribution >= 4 is 11.6 Å². The van der Waals surface area contributed by atoms with Crippen molar-refractivity contribution < 1.29 is 9.47 Å². The maximum atomic E-state index is 6.28. The Morgan fingerprint density at radius 3 is 2.53 bits per heavy atom. The summed E-state index contributed by atoms with van der Waals surface area (Å²) in [6.07, 6.45) is 0.806. The summed E-state index contributed by atoms with van der Waals surface area (Å²) in [7, 11) is 3.29. The Balaban J connectivity index is 3.18. The molecule has 1 aromatic carbocycles. The highest BCUT2D eigenvalue weighted by Gasteiger charge is 2.32. The number of rotatable bonds is 5. The molecule has 2 N–H and O–H groups in total. The van der Waals surface area contributed by atoms with Crippen molar-refractivity contribution in [1.82, 2.24) is 0 Å². The molecule has 0 aromatic heterocycles. The van der Waals surface area contributed by atoms with Crippen LogP contribution in [0.25, 0.3) is 0 Å². The first-order valence-corrected chi connectivity index (χ1v) is 6.00. The number of benzene rings is 1. The minimum absolute atomic E-state index is 0.286. The summed E-state index contributed by atoms with van der Waals surface area (Å²) in [5.74, 6) is 0.735. The Kier molecular flexibility index (Phi) is 4.80. The van der Waals surface area contributed by atoms with E-state index in [1.54, 1.807) is 20.3 Å². The van der Waals surface area contributed by atoms with Gasteiger partial charge in [-0.05, 0) is 31.5 Å². The van der Waals surface area contributed by atoms with E-state index in [1.165, 1.54) is 0 Å².